The first-order valence-corrected chi connectivity index (χ1v) is 10.7. The minimum atomic E-state index is -4.66. The van der Waals surface area contributed by atoms with Gasteiger partial charge in [0.05, 0.1) is 16.3 Å². The van der Waals surface area contributed by atoms with Crippen molar-refractivity contribution in [1.82, 2.24) is 14.7 Å². The summed E-state index contributed by atoms with van der Waals surface area (Å²) in [6.45, 7) is 4.48. The standard InChI is InChI=1S/C21H19F3N3O4S.Na/c1-14-4-6-15(7-5-14)18-12-19(21(22,23)24)25-27(18)16-8-10-17(11-9-16)32(29,30)26-31-20(2,3)13-28;/h4-12,26H,1-3H3;/q-1;+1. The van der Waals surface area contributed by atoms with Gasteiger partial charge < -0.3 is 9.63 Å². The molecule has 12 heteroatoms. The number of aromatic nitrogens is 2. The molecule has 0 aliphatic heterocycles. The molecule has 170 valence electrons. The second kappa shape index (κ2) is 10.1. The molecular formula is C21H19F3N3NaO4S. The van der Waals surface area contributed by atoms with Crippen LogP contribution >= 0.6 is 0 Å². The van der Waals surface area contributed by atoms with E-state index in [1.54, 1.807) is 24.3 Å². The molecular weight excluding hydrogens is 470 g/mol. The van der Waals surface area contributed by atoms with E-state index in [1.165, 1.54) is 44.4 Å². The fourth-order valence-electron chi connectivity index (χ4n) is 2.64. The van der Waals surface area contributed by atoms with E-state index >= 15 is 0 Å². The van der Waals surface area contributed by atoms with Gasteiger partial charge in [-0.2, -0.15) is 18.3 Å². The van der Waals surface area contributed by atoms with Crippen molar-refractivity contribution in [3.63, 3.8) is 0 Å². The zero-order chi connectivity index (χ0) is 23.7. The van der Waals surface area contributed by atoms with Gasteiger partial charge in [0.15, 0.2) is 5.69 Å². The number of aryl methyl sites for hydroxylation is 1. The molecule has 0 radical (unpaired) electrons. The van der Waals surface area contributed by atoms with Crippen LogP contribution in [0.4, 0.5) is 13.2 Å². The molecule has 0 atom stereocenters. The molecule has 0 amide bonds. The summed E-state index contributed by atoms with van der Waals surface area (Å²) in [6.07, 6.45) is -3.12. The van der Waals surface area contributed by atoms with E-state index in [9.17, 15) is 26.4 Å². The van der Waals surface area contributed by atoms with Gasteiger partial charge in [0.25, 0.3) is 10.0 Å². The third kappa shape index (κ3) is 6.52. The minimum Gasteiger partial charge on any atom is -0.539 e. The molecule has 0 bridgehead atoms. The third-order valence-electron chi connectivity index (χ3n) is 4.39. The summed E-state index contributed by atoms with van der Waals surface area (Å²) in [5, 5.41) is 3.68. The Bertz CT molecular complexity index is 1220. The molecule has 3 rings (SSSR count). The predicted molar refractivity (Wildman–Crippen MR) is 110 cm³/mol. The van der Waals surface area contributed by atoms with Crippen molar-refractivity contribution >= 4 is 16.3 Å². The Hall–Kier alpha value is -2.02. The van der Waals surface area contributed by atoms with E-state index in [-0.39, 0.29) is 45.8 Å². The Morgan fingerprint density at radius 2 is 1.61 bits per heavy atom. The Morgan fingerprint density at radius 3 is 2.12 bits per heavy atom. The Balaban J connectivity index is 0.00000385. The second-order valence-corrected chi connectivity index (χ2v) is 9.13. The van der Waals surface area contributed by atoms with Crippen LogP contribution in [0.5, 0.6) is 0 Å². The van der Waals surface area contributed by atoms with Crippen molar-refractivity contribution in [3.8, 4) is 16.9 Å². The van der Waals surface area contributed by atoms with Crippen molar-refractivity contribution in [2.45, 2.75) is 37.4 Å². The summed E-state index contributed by atoms with van der Waals surface area (Å²) in [7, 11) is -4.15. The molecule has 0 saturated heterocycles. The molecule has 33 heavy (non-hydrogen) atoms. The first-order chi connectivity index (χ1) is 14.8. The molecule has 0 saturated carbocycles. The van der Waals surface area contributed by atoms with Gasteiger partial charge in [-0.3, -0.25) is 0 Å². The number of halogens is 3. The monoisotopic (exact) mass is 489 g/mol. The van der Waals surface area contributed by atoms with E-state index in [0.29, 0.717) is 5.56 Å². The molecule has 7 nitrogen and oxygen atoms in total. The Kier molecular flexibility index (Phi) is 8.32. The molecule has 2 aromatic carbocycles. The number of hydrogen-bond donors (Lipinski definition) is 1. The number of sulfonamides is 1. The Labute approximate surface area is 211 Å². The van der Waals surface area contributed by atoms with Crippen LogP contribution in [0.15, 0.2) is 59.5 Å². The number of benzene rings is 2. The first-order valence-electron chi connectivity index (χ1n) is 9.26. The van der Waals surface area contributed by atoms with E-state index in [4.69, 9.17) is 4.84 Å². The summed E-state index contributed by atoms with van der Waals surface area (Å²) in [5.74, 6) is 0. The maximum absolute atomic E-state index is 13.3. The molecule has 3 aromatic rings. The van der Waals surface area contributed by atoms with Gasteiger partial charge in [0, 0.05) is 5.56 Å². The van der Waals surface area contributed by atoms with Crippen LogP contribution in [0.2, 0.25) is 0 Å². The summed E-state index contributed by atoms with van der Waals surface area (Å²) >= 11 is 0. The van der Waals surface area contributed by atoms with Gasteiger partial charge in [-0.05, 0) is 42.9 Å². The number of nitrogens with zero attached hydrogens (tertiary/aromatic N) is 2. The van der Waals surface area contributed by atoms with Gasteiger partial charge in [-0.1, -0.05) is 48.6 Å². The summed E-state index contributed by atoms with van der Waals surface area (Å²) < 4.78 is 65.7. The average molecular weight is 489 g/mol. The molecule has 1 aromatic heterocycles. The number of rotatable bonds is 7. The number of nitrogens with one attached hydrogen (secondary N) is 1. The van der Waals surface area contributed by atoms with E-state index < -0.39 is 27.5 Å². The van der Waals surface area contributed by atoms with Crippen LogP contribution in [0, 0.1) is 6.92 Å². The normalized spacial score (nSPS) is 12.3. The van der Waals surface area contributed by atoms with Crippen molar-refractivity contribution < 1.29 is 60.8 Å². The number of carbonyl (C=O) groups excluding carboxylic acids is 1. The van der Waals surface area contributed by atoms with Crippen molar-refractivity contribution in [3.05, 3.63) is 65.9 Å². The molecule has 0 unspecified atom stereocenters. The van der Waals surface area contributed by atoms with Crippen molar-refractivity contribution in [2.24, 2.45) is 0 Å². The van der Waals surface area contributed by atoms with E-state index in [2.05, 4.69) is 5.10 Å². The van der Waals surface area contributed by atoms with Crippen LogP contribution < -0.4 is 34.4 Å². The van der Waals surface area contributed by atoms with Crippen molar-refractivity contribution in [1.29, 1.82) is 0 Å². The molecule has 1 heterocycles. The average Bonchev–Trinajstić information content (AvgIpc) is 3.19. The molecule has 0 aliphatic carbocycles. The SMILES string of the molecule is Cc1ccc(-c2cc(C(F)(F)F)nn2-c2ccc(S(=O)(=O)NOC(C)(C)[C-]=O)cc2)cc1.[Na+]. The number of alkyl halides is 3. The van der Waals surface area contributed by atoms with Crippen LogP contribution in [0.1, 0.15) is 25.1 Å². The van der Waals surface area contributed by atoms with Crippen LogP contribution in [-0.2, 0) is 25.8 Å². The molecule has 0 aliphatic rings. The van der Waals surface area contributed by atoms with Crippen LogP contribution in [0.25, 0.3) is 16.9 Å². The molecule has 1 N–H and O–H groups in total. The summed E-state index contributed by atoms with van der Waals surface area (Å²) in [6, 6.07) is 12.8. The quantitative estimate of drug-likeness (QED) is 0.304. The maximum atomic E-state index is 13.3. The maximum Gasteiger partial charge on any atom is 1.00 e. The summed E-state index contributed by atoms with van der Waals surface area (Å²) in [4.78, 5) is 17.2. The Morgan fingerprint density at radius 1 is 1.03 bits per heavy atom. The van der Waals surface area contributed by atoms with Gasteiger partial charge >= 0.3 is 35.7 Å². The van der Waals surface area contributed by atoms with Gasteiger partial charge in [0.2, 0.25) is 0 Å². The minimum absolute atomic E-state index is 0. The zero-order valence-electron chi connectivity index (χ0n) is 18.3. The predicted octanol–water partition coefficient (Wildman–Crippen LogP) is 0.969. The summed E-state index contributed by atoms with van der Waals surface area (Å²) in [5.41, 5.74) is -0.713. The van der Waals surface area contributed by atoms with Gasteiger partial charge in [-0.25, -0.2) is 19.4 Å². The fourth-order valence-corrected chi connectivity index (χ4v) is 3.55. The van der Waals surface area contributed by atoms with Gasteiger partial charge in [-0.15, -0.1) is 0 Å². The second-order valence-electron chi connectivity index (χ2n) is 7.49. The molecule has 0 fully saturated rings. The largest absolute Gasteiger partial charge is 1.00 e. The third-order valence-corrected chi connectivity index (χ3v) is 5.59. The van der Waals surface area contributed by atoms with E-state index in [0.717, 1.165) is 16.3 Å². The fraction of sp³-hybridized carbons (Fsp3) is 0.238. The van der Waals surface area contributed by atoms with Gasteiger partial charge in [0.1, 0.15) is 0 Å². The van der Waals surface area contributed by atoms with E-state index in [1.807, 2.05) is 11.8 Å². The molecule has 0 spiro atoms. The smallest absolute Gasteiger partial charge is 0.539 e. The van der Waals surface area contributed by atoms with Crippen molar-refractivity contribution in [2.75, 3.05) is 0 Å². The zero-order valence-corrected chi connectivity index (χ0v) is 21.1. The topological polar surface area (TPSA) is 90.3 Å². The van der Waals surface area contributed by atoms with Crippen LogP contribution in [-0.4, -0.2) is 30.1 Å². The van der Waals surface area contributed by atoms with Crippen LogP contribution in [0.3, 0.4) is 0 Å². The number of hydrogen-bond acceptors (Lipinski definition) is 5. The first kappa shape index (κ1) is 27.2.